The van der Waals surface area contributed by atoms with Crippen LogP contribution in [0.4, 0.5) is 0 Å². The second kappa shape index (κ2) is 5.41. The SMILES string of the molecule is CCNC(=O)Cn1cccc(C(N)=S)c1=O. The van der Waals surface area contributed by atoms with Gasteiger partial charge in [0.05, 0.1) is 5.56 Å². The molecule has 1 aromatic heterocycles. The molecule has 0 aliphatic rings. The average Bonchev–Trinajstić information content (AvgIpc) is 2.21. The highest BCUT2D eigenvalue weighted by atomic mass is 32.1. The summed E-state index contributed by atoms with van der Waals surface area (Å²) in [5, 5.41) is 2.61. The van der Waals surface area contributed by atoms with Crippen molar-refractivity contribution in [1.82, 2.24) is 9.88 Å². The molecular formula is C10H13N3O2S. The van der Waals surface area contributed by atoms with Crippen LogP contribution in [0.15, 0.2) is 23.1 Å². The molecule has 1 heterocycles. The normalized spacial score (nSPS) is 9.81. The molecule has 0 aromatic carbocycles. The number of nitrogens with two attached hydrogens (primary N) is 1. The van der Waals surface area contributed by atoms with Gasteiger partial charge in [0.15, 0.2) is 0 Å². The van der Waals surface area contributed by atoms with Crippen molar-refractivity contribution in [1.29, 1.82) is 0 Å². The fourth-order valence-electron chi connectivity index (χ4n) is 1.26. The fraction of sp³-hybridized carbons (Fsp3) is 0.300. The summed E-state index contributed by atoms with van der Waals surface area (Å²) in [5.41, 5.74) is 5.30. The summed E-state index contributed by atoms with van der Waals surface area (Å²) >= 11 is 4.74. The van der Waals surface area contributed by atoms with Crippen molar-refractivity contribution in [3.05, 3.63) is 34.2 Å². The number of pyridine rings is 1. The number of hydrogen-bond acceptors (Lipinski definition) is 3. The first-order valence-electron chi connectivity index (χ1n) is 4.82. The van der Waals surface area contributed by atoms with Gasteiger partial charge in [-0.25, -0.2) is 0 Å². The zero-order chi connectivity index (χ0) is 12.1. The highest BCUT2D eigenvalue weighted by Crippen LogP contribution is 1.92. The number of carbonyl (C=O) groups is 1. The lowest BCUT2D eigenvalue weighted by atomic mass is 10.3. The summed E-state index contributed by atoms with van der Waals surface area (Å²) < 4.78 is 1.28. The number of likely N-dealkylation sites (N-methyl/N-ethyl adjacent to an activating group) is 1. The van der Waals surface area contributed by atoms with Crippen LogP contribution in [-0.4, -0.2) is 22.0 Å². The van der Waals surface area contributed by atoms with Crippen LogP contribution in [0.2, 0.25) is 0 Å². The van der Waals surface area contributed by atoms with Gasteiger partial charge in [0.1, 0.15) is 11.5 Å². The first-order valence-corrected chi connectivity index (χ1v) is 5.23. The van der Waals surface area contributed by atoms with Crippen LogP contribution in [0.25, 0.3) is 0 Å². The van der Waals surface area contributed by atoms with Gasteiger partial charge < -0.3 is 15.6 Å². The van der Waals surface area contributed by atoms with Gasteiger partial charge in [0.25, 0.3) is 5.56 Å². The molecule has 0 saturated carbocycles. The van der Waals surface area contributed by atoms with Gasteiger partial charge in [-0.15, -0.1) is 0 Å². The molecule has 1 rings (SSSR count). The molecule has 0 spiro atoms. The van der Waals surface area contributed by atoms with Gasteiger partial charge >= 0.3 is 0 Å². The highest BCUT2D eigenvalue weighted by Gasteiger charge is 2.07. The van der Waals surface area contributed by atoms with Gasteiger partial charge in [-0.05, 0) is 19.1 Å². The first-order chi connectivity index (χ1) is 7.56. The molecule has 5 nitrogen and oxygen atoms in total. The quantitative estimate of drug-likeness (QED) is 0.702. The average molecular weight is 239 g/mol. The monoisotopic (exact) mass is 239 g/mol. The van der Waals surface area contributed by atoms with Crippen LogP contribution in [0.1, 0.15) is 12.5 Å². The van der Waals surface area contributed by atoms with Gasteiger partial charge in [0.2, 0.25) is 5.91 Å². The smallest absolute Gasteiger partial charge is 0.261 e. The zero-order valence-corrected chi connectivity index (χ0v) is 9.71. The van der Waals surface area contributed by atoms with E-state index in [0.29, 0.717) is 6.54 Å². The molecule has 0 radical (unpaired) electrons. The molecule has 0 aliphatic heterocycles. The molecule has 0 fully saturated rings. The summed E-state index contributed by atoms with van der Waals surface area (Å²) in [6.45, 7) is 2.32. The van der Waals surface area contributed by atoms with Crippen molar-refractivity contribution in [3.8, 4) is 0 Å². The number of carbonyl (C=O) groups excluding carboxylic acids is 1. The summed E-state index contributed by atoms with van der Waals surface area (Å²) in [6, 6.07) is 3.17. The zero-order valence-electron chi connectivity index (χ0n) is 8.90. The van der Waals surface area contributed by atoms with Gasteiger partial charge in [-0.3, -0.25) is 9.59 Å². The summed E-state index contributed by atoms with van der Waals surface area (Å²) in [4.78, 5) is 23.1. The molecule has 6 heteroatoms. The fourth-order valence-corrected chi connectivity index (χ4v) is 1.41. The van der Waals surface area contributed by atoms with Crippen molar-refractivity contribution < 1.29 is 4.79 Å². The van der Waals surface area contributed by atoms with E-state index in [1.165, 1.54) is 10.8 Å². The molecule has 0 atom stereocenters. The maximum Gasteiger partial charge on any atom is 0.261 e. The maximum atomic E-state index is 11.8. The van der Waals surface area contributed by atoms with Crippen LogP contribution in [0, 0.1) is 0 Å². The summed E-state index contributed by atoms with van der Waals surface area (Å²) in [6.07, 6.45) is 1.53. The van der Waals surface area contributed by atoms with E-state index >= 15 is 0 Å². The van der Waals surface area contributed by atoms with Crippen molar-refractivity contribution in [2.45, 2.75) is 13.5 Å². The second-order valence-electron chi connectivity index (χ2n) is 3.17. The summed E-state index contributed by atoms with van der Waals surface area (Å²) in [7, 11) is 0. The third-order valence-electron chi connectivity index (χ3n) is 1.97. The van der Waals surface area contributed by atoms with Crippen LogP contribution in [0.5, 0.6) is 0 Å². The number of thiocarbonyl (C=S) groups is 1. The number of nitrogens with one attached hydrogen (secondary N) is 1. The second-order valence-corrected chi connectivity index (χ2v) is 3.61. The van der Waals surface area contributed by atoms with Gasteiger partial charge in [-0.2, -0.15) is 0 Å². The predicted molar refractivity (Wildman–Crippen MR) is 65.3 cm³/mol. The van der Waals surface area contributed by atoms with E-state index in [-0.39, 0.29) is 28.6 Å². The Morgan fingerprint density at radius 3 is 2.88 bits per heavy atom. The van der Waals surface area contributed by atoms with Crippen molar-refractivity contribution >= 4 is 23.1 Å². The number of hydrogen-bond donors (Lipinski definition) is 2. The van der Waals surface area contributed by atoms with E-state index in [1.54, 1.807) is 12.1 Å². The molecule has 0 bridgehead atoms. The van der Waals surface area contributed by atoms with Gasteiger partial charge in [0, 0.05) is 12.7 Å². The van der Waals surface area contributed by atoms with Crippen LogP contribution in [-0.2, 0) is 11.3 Å². The molecule has 3 N–H and O–H groups in total. The Morgan fingerprint density at radius 2 is 2.31 bits per heavy atom. The number of nitrogens with zero attached hydrogens (tertiary/aromatic N) is 1. The third-order valence-corrected chi connectivity index (χ3v) is 2.19. The largest absolute Gasteiger partial charge is 0.389 e. The molecule has 0 saturated heterocycles. The maximum absolute atomic E-state index is 11.8. The van der Waals surface area contributed by atoms with Crippen molar-refractivity contribution in [2.75, 3.05) is 6.54 Å². The third kappa shape index (κ3) is 2.90. The van der Waals surface area contributed by atoms with Crippen LogP contribution in [0.3, 0.4) is 0 Å². The van der Waals surface area contributed by atoms with E-state index in [0.717, 1.165) is 0 Å². The van der Waals surface area contributed by atoms with E-state index < -0.39 is 0 Å². The number of rotatable bonds is 4. The van der Waals surface area contributed by atoms with Crippen LogP contribution < -0.4 is 16.6 Å². The van der Waals surface area contributed by atoms with Crippen molar-refractivity contribution in [3.63, 3.8) is 0 Å². The van der Waals surface area contributed by atoms with E-state index in [9.17, 15) is 9.59 Å². The van der Waals surface area contributed by atoms with Crippen LogP contribution >= 0.6 is 12.2 Å². The highest BCUT2D eigenvalue weighted by molar-refractivity contribution is 7.80. The Balaban J connectivity index is 2.98. The molecule has 16 heavy (non-hydrogen) atoms. The minimum Gasteiger partial charge on any atom is -0.389 e. The Morgan fingerprint density at radius 1 is 1.62 bits per heavy atom. The van der Waals surface area contributed by atoms with Gasteiger partial charge in [-0.1, -0.05) is 12.2 Å². The predicted octanol–water partition coefficient (Wildman–Crippen LogP) is -0.381. The lowest BCUT2D eigenvalue weighted by Crippen LogP contribution is -2.34. The topological polar surface area (TPSA) is 77.1 Å². The minimum absolute atomic E-state index is 0.0247. The Labute approximate surface area is 98.3 Å². The number of amides is 1. The van der Waals surface area contributed by atoms with E-state index in [1.807, 2.05) is 6.92 Å². The number of aromatic nitrogens is 1. The first kappa shape index (κ1) is 12.4. The molecule has 1 aromatic rings. The molecule has 0 aliphatic carbocycles. The molecular weight excluding hydrogens is 226 g/mol. The summed E-state index contributed by atoms with van der Waals surface area (Å²) in [5.74, 6) is -0.218. The molecule has 86 valence electrons. The standard InChI is InChI=1S/C10H13N3O2S/c1-2-12-8(14)6-13-5-3-4-7(9(11)16)10(13)15/h3-5H,2,6H2,1H3,(H2,11,16)(H,12,14). The lowest BCUT2D eigenvalue weighted by Gasteiger charge is -2.07. The Hall–Kier alpha value is -1.69. The lowest BCUT2D eigenvalue weighted by molar-refractivity contribution is -0.121. The molecule has 0 unspecified atom stereocenters. The van der Waals surface area contributed by atoms with E-state index in [2.05, 4.69) is 5.32 Å². The Bertz CT molecular complexity index is 467. The van der Waals surface area contributed by atoms with E-state index in [4.69, 9.17) is 18.0 Å². The van der Waals surface area contributed by atoms with Crippen molar-refractivity contribution in [2.24, 2.45) is 5.73 Å². The molecule has 1 amide bonds. The Kier molecular flexibility index (Phi) is 4.19. The minimum atomic E-state index is -0.346.